The fourth-order valence-electron chi connectivity index (χ4n) is 1.39. The summed E-state index contributed by atoms with van der Waals surface area (Å²) < 4.78 is 1.20. The van der Waals surface area contributed by atoms with Crippen LogP contribution in [0.15, 0.2) is 60.7 Å². The molecular weight excluding hydrogens is 291 g/mol. The number of hydrogen-bond acceptors (Lipinski definition) is 2. The molecule has 0 heterocycles. The predicted molar refractivity (Wildman–Crippen MR) is 74.0 cm³/mol. The minimum absolute atomic E-state index is 0.127. The van der Waals surface area contributed by atoms with Gasteiger partial charge in [0, 0.05) is 0 Å². The Bertz CT molecular complexity index is 544. The first kappa shape index (κ1) is 12.6. The Hall–Kier alpha value is -1.83. The standard InChI is InChI=1S/C15H12O2Se/c16-13-9-6-12(7-10-13)8-11-15(17)18-14-4-2-1-3-5-14/h1-11,16H/b11-8+. The predicted octanol–water partition coefficient (Wildman–Crippen LogP) is 1.96. The van der Waals surface area contributed by atoms with Crippen LogP contribution in [-0.2, 0) is 4.79 Å². The fraction of sp³-hybridized carbons (Fsp3) is 0. The minimum atomic E-state index is -0.172. The van der Waals surface area contributed by atoms with Crippen molar-refractivity contribution in [2.24, 2.45) is 0 Å². The van der Waals surface area contributed by atoms with Gasteiger partial charge >= 0.3 is 112 Å². The van der Waals surface area contributed by atoms with Crippen molar-refractivity contribution in [2.75, 3.05) is 0 Å². The Morgan fingerprint density at radius 1 is 1.00 bits per heavy atom. The second-order valence-corrected chi connectivity index (χ2v) is 5.92. The fourth-order valence-corrected chi connectivity index (χ4v) is 2.78. The summed E-state index contributed by atoms with van der Waals surface area (Å²) in [6.45, 7) is 0. The Labute approximate surface area is 112 Å². The number of aromatic hydroxyl groups is 1. The van der Waals surface area contributed by atoms with Crippen molar-refractivity contribution in [3.05, 3.63) is 66.2 Å². The molecule has 2 aromatic rings. The van der Waals surface area contributed by atoms with Gasteiger partial charge in [0.2, 0.25) is 0 Å². The van der Waals surface area contributed by atoms with E-state index in [0.29, 0.717) is 0 Å². The van der Waals surface area contributed by atoms with E-state index in [1.54, 1.807) is 36.4 Å². The Morgan fingerprint density at radius 2 is 1.67 bits per heavy atom. The zero-order chi connectivity index (χ0) is 12.8. The van der Waals surface area contributed by atoms with E-state index in [2.05, 4.69) is 0 Å². The monoisotopic (exact) mass is 304 g/mol. The Morgan fingerprint density at radius 3 is 2.33 bits per heavy atom. The van der Waals surface area contributed by atoms with Gasteiger partial charge in [-0.1, -0.05) is 0 Å². The van der Waals surface area contributed by atoms with Crippen molar-refractivity contribution >= 4 is 30.2 Å². The number of carbonyl (C=O) groups is 1. The van der Waals surface area contributed by atoms with Crippen molar-refractivity contribution in [2.45, 2.75) is 0 Å². The van der Waals surface area contributed by atoms with Gasteiger partial charge in [-0.3, -0.25) is 0 Å². The normalized spacial score (nSPS) is 10.7. The van der Waals surface area contributed by atoms with Gasteiger partial charge in [-0.25, -0.2) is 0 Å². The van der Waals surface area contributed by atoms with Crippen LogP contribution in [0.2, 0.25) is 0 Å². The van der Waals surface area contributed by atoms with Gasteiger partial charge in [0.05, 0.1) is 0 Å². The molecule has 2 rings (SSSR count). The van der Waals surface area contributed by atoms with Crippen LogP contribution >= 0.6 is 0 Å². The van der Waals surface area contributed by atoms with E-state index in [1.807, 2.05) is 30.3 Å². The molecule has 2 aromatic carbocycles. The van der Waals surface area contributed by atoms with Crippen molar-refractivity contribution in [1.29, 1.82) is 0 Å². The summed E-state index contributed by atoms with van der Waals surface area (Å²) in [6.07, 6.45) is 3.37. The molecule has 0 bridgehead atoms. The number of phenols is 1. The average molecular weight is 303 g/mol. The average Bonchev–Trinajstić information content (AvgIpc) is 2.39. The maximum absolute atomic E-state index is 11.7. The van der Waals surface area contributed by atoms with Crippen LogP contribution in [0, 0.1) is 0 Å². The van der Waals surface area contributed by atoms with Crippen molar-refractivity contribution in [3.63, 3.8) is 0 Å². The first-order valence-electron chi connectivity index (χ1n) is 5.48. The van der Waals surface area contributed by atoms with Gasteiger partial charge in [-0.15, -0.1) is 0 Å². The van der Waals surface area contributed by atoms with E-state index in [-0.39, 0.29) is 25.4 Å². The van der Waals surface area contributed by atoms with Crippen molar-refractivity contribution in [1.82, 2.24) is 0 Å². The van der Waals surface area contributed by atoms with Gasteiger partial charge in [0.25, 0.3) is 0 Å². The molecule has 0 aliphatic carbocycles. The van der Waals surface area contributed by atoms with Crippen LogP contribution in [0.5, 0.6) is 5.75 Å². The second kappa shape index (κ2) is 6.20. The van der Waals surface area contributed by atoms with Gasteiger partial charge in [-0.2, -0.15) is 0 Å². The third-order valence-corrected chi connectivity index (χ3v) is 4.04. The second-order valence-electron chi connectivity index (χ2n) is 3.66. The van der Waals surface area contributed by atoms with Gasteiger partial charge in [-0.05, 0) is 0 Å². The number of allylic oxidation sites excluding steroid dienone is 1. The number of benzene rings is 2. The molecule has 0 unspecified atom stereocenters. The van der Waals surface area contributed by atoms with Crippen molar-refractivity contribution < 1.29 is 9.90 Å². The molecule has 0 aromatic heterocycles. The van der Waals surface area contributed by atoms with Crippen LogP contribution in [-0.4, -0.2) is 24.7 Å². The van der Waals surface area contributed by atoms with Crippen LogP contribution in [0.3, 0.4) is 0 Å². The molecule has 3 heteroatoms. The number of carbonyl (C=O) groups excluding carboxylic acids is 1. The molecule has 0 amide bonds. The molecule has 0 saturated heterocycles. The summed E-state index contributed by atoms with van der Waals surface area (Å²) >= 11 is -0.172. The molecule has 0 aliphatic heterocycles. The zero-order valence-electron chi connectivity index (χ0n) is 9.61. The molecule has 0 aliphatic rings. The molecule has 0 spiro atoms. The molecule has 0 atom stereocenters. The number of phenolic OH excluding ortho intramolecular Hbond substituents is 1. The van der Waals surface area contributed by atoms with Crippen LogP contribution < -0.4 is 4.46 Å². The van der Waals surface area contributed by atoms with E-state index in [9.17, 15) is 4.79 Å². The SMILES string of the molecule is O=C(/C=C/c1ccc(O)cc1)[Se]c1ccccc1. The molecule has 90 valence electrons. The third-order valence-electron chi connectivity index (χ3n) is 2.27. The third kappa shape index (κ3) is 3.88. The molecule has 0 saturated carbocycles. The topological polar surface area (TPSA) is 37.3 Å². The summed E-state index contributed by atoms with van der Waals surface area (Å²) in [7, 11) is 0. The Balaban J connectivity index is 1.97. The molecule has 1 N–H and O–H groups in total. The summed E-state index contributed by atoms with van der Waals surface area (Å²) in [5.41, 5.74) is 0.907. The van der Waals surface area contributed by atoms with E-state index in [4.69, 9.17) is 5.11 Å². The van der Waals surface area contributed by atoms with E-state index >= 15 is 0 Å². The molecule has 0 radical (unpaired) electrons. The Kier molecular flexibility index (Phi) is 4.35. The zero-order valence-corrected chi connectivity index (χ0v) is 11.3. The summed E-state index contributed by atoms with van der Waals surface area (Å²) in [5, 5.41) is 9.14. The van der Waals surface area contributed by atoms with E-state index in [0.717, 1.165) is 10.0 Å². The first-order chi connectivity index (χ1) is 8.74. The molecule has 18 heavy (non-hydrogen) atoms. The molecule has 2 nitrogen and oxygen atoms in total. The van der Waals surface area contributed by atoms with Crippen molar-refractivity contribution in [3.8, 4) is 5.75 Å². The molecular formula is C15H12O2Se. The summed E-state index contributed by atoms with van der Waals surface area (Å²) in [4.78, 5) is 11.7. The van der Waals surface area contributed by atoms with Gasteiger partial charge in [0.1, 0.15) is 0 Å². The molecule has 0 fully saturated rings. The van der Waals surface area contributed by atoms with Gasteiger partial charge in [0.15, 0.2) is 0 Å². The van der Waals surface area contributed by atoms with Crippen LogP contribution in [0.4, 0.5) is 0 Å². The quantitative estimate of drug-likeness (QED) is 0.692. The number of hydrogen-bond donors (Lipinski definition) is 1. The number of rotatable bonds is 4. The van der Waals surface area contributed by atoms with E-state index in [1.165, 1.54) is 0 Å². The summed E-state index contributed by atoms with van der Waals surface area (Å²) in [6, 6.07) is 16.5. The maximum atomic E-state index is 11.7. The van der Waals surface area contributed by atoms with E-state index < -0.39 is 0 Å². The summed E-state index contributed by atoms with van der Waals surface area (Å²) in [5.74, 6) is 0.229. The van der Waals surface area contributed by atoms with Crippen LogP contribution in [0.1, 0.15) is 5.56 Å². The first-order valence-corrected chi connectivity index (χ1v) is 7.19. The van der Waals surface area contributed by atoms with Gasteiger partial charge < -0.3 is 0 Å². The van der Waals surface area contributed by atoms with Crippen LogP contribution in [0.25, 0.3) is 6.08 Å².